The highest BCUT2D eigenvalue weighted by molar-refractivity contribution is 5.83. The van der Waals surface area contributed by atoms with Crippen molar-refractivity contribution in [1.82, 2.24) is 19.8 Å². The molecule has 0 amide bonds. The van der Waals surface area contributed by atoms with Crippen LogP contribution in [0.3, 0.4) is 0 Å². The van der Waals surface area contributed by atoms with Crippen molar-refractivity contribution in [3.05, 3.63) is 79.6 Å². The van der Waals surface area contributed by atoms with Crippen molar-refractivity contribution in [2.75, 3.05) is 32.7 Å². The molecule has 0 bridgehead atoms. The van der Waals surface area contributed by atoms with Gasteiger partial charge in [-0.05, 0) is 45.3 Å². The number of rotatable bonds is 5. The lowest BCUT2D eigenvalue weighted by Crippen LogP contribution is -2.35. The summed E-state index contributed by atoms with van der Waals surface area (Å²) in [5.74, 6) is 1.30. The normalized spacial score (nSPS) is 16.3. The highest BCUT2D eigenvalue weighted by atomic mass is 19.4. The van der Waals surface area contributed by atoms with Crippen LogP contribution in [-0.2, 0) is 0 Å². The Balaban J connectivity index is 0.000000610. The van der Waals surface area contributed by atoms with E-state index in [2.05, 4.69) is 69.6 Å². The third-order valence-electron chi connectivity index (χ3n) is 5.52. The summed E-state index contributed by atoms with van der Waals surface area (Å²) < 4.78 is 36.4. The van der Waals surface area contributed by atoms with E-state index in [9.17, 15) is 13.2 Å². The molecule has 0 aromatic carbocycles. The molecule has 3 heterocycles. The molecule has 0 unspecified atom stereocenters. The lowest BCUT2D eigenvalue weighted by Gasteiger charge is -2.24. The fourth-order valence-corrected chi connectivity index (χ4v) is 3.45. The van der Waals surface area contributed by atoms with E-state index in [4.69, 9.17) is 0 Å². The zero-order chi connectivity index (χ0) is 28.8. The number of halogens is 3. The molecule has 212 valence electrons. The number of aliphatic imine (C=N–C) groups is 1. The molecule has 3 rings (SSSR count). The first-order valence-electron chi connectivity index (χ1n) is 13.2. The van der Waals surface area contributed by atoms with E-state index < -0.39 is 11.7 Å². The molecule has 2 aliphatic heterocycles. The Kier molecular flexibility index (Phi) is 19.2. The lowest BCUT2D eigenvalue weighted by atomic mass is 10.2. The largest absolute Gasteiger partial charge is 0.412 e. The molecule has 8 heteroatoms. The Morgan fingerprint density at radius 2 is 1.79 bits per heavy atom. The van der Waals surface area contributed by atoms with Crippen LogP contribution in [0.4, 0.5) is 13.2 Å². The predicted molar refractivity (Wildman–Crippen MR) is 158 cm³/mol. The molecule has 2 aliphatic rings. The van der Waals surface area contributed by atoms with E-state index in [1.54, 1.807) is 12.2 Å². The van der Waals surface area contributed by atoms with Gasteiger partial charge < -0.3 is 9.88 Å². The minimum atomic E-state index is -4.30. The summed E-state index contributed by atoms with van der Waals surface area (Å²) in [6.07, 6.45) is 16.1. The maximum Gasteiger partial charge on any atom is 0.412 e. The molecule has 0 spiro atoms. The van der Waals surface area contributed by atoms with Gasteiger partial charge in [0.1, 0.15) is 5.84 Å². The summed E-state index contributed by atoms with van der Waals surface area (Å²) in [4.78, 5) is 16.0. The summed E-state index contributed by atoms with van der Waals surface area (Å²) >= 11 is 0. The summed E-state index contributed by atoms with van der Waals surface area (Å²) in [5, 5.41) is 0. The minimum Gasteiger partial charge on any atom is -0.359 e. The molecule has 1 N–H and O–H groups in total. The summed E-state index contributed by atoms with van der Waals surface area (Å²) in [5.41, 5.74) is 0.0493. The molecule has 1 fully saturated rings. The Hall–Kier alpha value is -3.13. The number of aromatic nitrogens is 2. The van der Waals surface area contributed by atoms with Gasteiger partial charge in [-0.15, -0.1) is 0 Å². The van der Waals surface area contributed by atoms with Crippen LogP contribution >= 0.6 is 0 Å². The van der Waals surface area contributed by atoms with Crippen molar-refractivity contribution < 1.29 is 13.2 Å². The maximum atomic E-state index is 12.1. The van der Waals surface area contributed by atoms with Crippen molar-refractivity contribution in [1.29, 1.82) is 0 Å². The molecular formula is C30H46F3N5. The zero-order valence-electron chi connectivity index (χ0n) is 23.6. The fourth-order valence-electron chi connectivity index (χ4n) is 3.45. The number of imidazole rings is 1. The Morgan fingerprint density at radius 3 is 2.39 bits per heavy atom. The first-order chi connectivity index (χ1) is 18.3. The van der Waals surface area contributed by atoms with Gasteiger partial charge in [0.2, 0.25) is 0 Å². The Labute approximate surface area is 227 Å². The number of alkyl halides is 3. The molecule has 1 saturated heterocycles. The van der Waals surface area contributed by atoms with E-state index >= 15 is 0 Å². The number of aromatic amines is 1. The topological polar surface area (TPSA) is 47.5 Å². The zero-order valence-corrected chi connectivity index (χ0v) is 23.6. The van der Waals surface area contributed by atoms with E-state index in [0.717, 1.165) is 39.1 Å². The van der Waals surface area contributed by atoms with Gasteiger partial charge in [-0.1, -0.05) is 64.0 Å². The van der Waals surface area contributed by atoms with Gasteiger partial charge in [0.15, 0.2) is 0 Å². The molecular weight excluding hydrogens is 487 g/mol. The lowest BCUT2D eigenvalue weighted by molar-refractivity contribution is -0.0903. The van der Waals surface area contributed by atoms with Gasteiger partial charge >= 0.3 is 6.18 Å². The van der Waals surface area contributed by atoms with Crippen LogP contribution in [0, 0.1) is 0 Å². The summed E-state index contributed by atoms with van der Waals surface area (Å²) in [7, 11) is 0. The second-order valence-electron chi connectivity index (χ2n) is 8.23. The van der Waals surface area contributed by atoms with Gasteiger partial charge in [0, 0.05) is 50.9 Å². The number of H-pyrrole nitrogens is 1. The van der Waals surface area contributed by atoms with Crippen LogP contribution in [-0.4, -0.2) is 64.5 Å². The maximum absolute atomic E-state index is 12.1. The standard InChI is InChI=1S/C15H25N3.C9H9F3N2.C4H6.C2H6/c1-2-3-10-17-11-7-12-18(14-13-17)15-8-5-4-6-9-16-15;1-3-7-8(14-5-13-7)4-6(2)9(10,11)12;1-3-4-2;1-2/h2-3,6,9H,4-5,7-8,10-14H2,1H3;3-5H,1H2,2H3,(H,13,14);3-4H,1-2H2;1-2H3/b3-2-;6-4+;;. The highest BCUT2D eigenvalue weighted by Crippen LogP contribution is 2.26. The number of amidine groups is 1. The number of nitrogens with zero attached hydrogens (tertiary/aromatic N) is 4. The first-order valence-corrected chi connectivity index (χ1v) is 13.2. The van der Waals surface area contributed by atoms with Gasteiger partial charge in [-0.3, -0.25) is 4.90 Å². The van der Waals surface area contributed by atoms with Gasteiger partial charge in [-0.25, -0.2) is 9.98 Å². The Bertz CT molecular complexity index is 917. The van der Waals surface area contributed by atoms with E-state index in [1.165, 1.54) is 50.6 Å². The molecule has 38 heavy (non-hydrogen) atoms. The second-order valence-corrected chi connectivity index (χ2v) is 8.23. The number of nitrogens with one attached hydrogen (secondary N) is 1. The van der Waals surface area contributed by atoms with Crippen LogP contribution in [0.2, 0.25) is 0 Å². The van der Waals surface area contributed by atoms with Crippen molar-refractivity contribution in [2.24, 2.45) is 4.99 Å². The number of hydrogen-bond donors (Lipinski definition) is 1. The van der Waals surface area contributed by atoms with Crippen LogP contribution < -0.4 is 0 Å². The molecule has 0 radical (unpaired) electrons. The molecule has 1 aromatic rings. The molecule has 0 aliphatic carbocycles. The van der Waals surface area contributed by atoms with Gasteiger partial charge in [-0.2, -0.15) is 13.2 Å². The third-order valence-corrected chi connectivity index (χ3v) is 5.52. The van der Waals surface area contributed by atoms with Crippen LogP contribution in [0.25, 0.3) is 12.2 Å². The van der Waals surface area contributed by atoms with Crippen molar-refractivity contribution in [3.8, 4) is 0 Å². The average Bonchev–Trinajstić information content (AvgIpc) is 3.08. The highest BCUT2D eigenvalue weighted by Gasteiger charge is 2.30. The first kappa shape index (κ1) is 34.9. The molecule has 5 nitrogen and oxygen atoms in total. The summed E-state index contributed by atoms with van der Waals surface area (Å²) in [6, 6.07) is 0. The smallest absolute Gasteiger partial charge is 0.359 e. The van der Waals surface area contributed by atoms with E-state index in [1.807, 2.05) is 20.0 Å². The third kappa shape index (κ3) is 14.6. The van der Waals surface area contributed by atoms with Crippen molar-refractivity contribution >= 4 is 18.0 Å². The van der Waals surface area contributed by atoms with Crippen molar-refractivity contribution in [3.63, 3.8) is 0 Å². The monoisotopic (exact) mass is 533 g/mol. The SMILES string of the molecule is C/C=C\CN1CCCN(C2=NC=CCCC2)CC1.C=CC=C.C=Cc1nc[nH]c1/C=C(\C)C(F)(F)F.CC. The fraction of sp³-hybridized carbons (Fsp3) is 0.467. The van der Waals surface area contributed by atoms with E-state index in [0.29, 0.717) is 11.4 Å². The van der Waals surface area contributed by atoms with Crippen LogP contribution in [0.15, 0.2) is 73.2 Å². The summed E-state index contributed by atoms with van der Waals surface area (Å²) in [6.45, 7) is 23.0. The second kappa shape index (κ2) is 20.9. The minimum absolute atomic E-state index is 0.315. The van der Waals surface area contributed by atoms with Crippen LogP contribution in [0.1, 0.15) is 64.8 Å². The Morgan fingerprint density at radius 1 is 1.08 bits per heavy atom. The molecule has 0 atom stereocenters. The number of hydrogen-bond acceptors (Lipinski definition) is 4. The van der Waals surface area contributed by atoms with Crippen LogP contribution in [0.5, 0.6) is 0 Å². The average molecular weight is 534 g/mol. The van der Waals surface area contributed by atoms with Crippen molar-refractivity contribution in [2.45, 2.75) is 59.6 Å². The molecule has 1 aromatic heterocycles. The van der Waals surface area contributed by atoms with Gasteiger partial charge in [0.25, 0.3) is 0 Å². The quantitative estimate of drug-likeness (QED) is 0.307. The van der Waals surface area contributed by atoms with Gasteiger partial charge in [0.05, 0.1) is 17.7 Å². The predicted octanol–water partition coefficient (Wildman–Crippen LogP) is 8.07. The number of allylic oxidation sites excluding steroid dienone is 5. The van der Waals surface area contributed by atoms with E-state index in [-0.39, 0.29) is 0 Å². The molecule has 0 saturated carbocycles.